The standard InChI is InChI=1S/C7H8N.C2H4O2.Hg/c8-6-7-4-2-1-3-5-7;1-2(3)4;/h1-4H,6,8H2;1H3,(H,3,4);/q;;+1/p-1. The van der Waals surface area contributed by atoms with Crippen LogP contribution in [0.5, 0.6) is 0 Å². The van der Waals surface area contributed by atoms with E-state index < -0.39 is 25.0 Å². The Morgan fingerprint density at radius 3 is 2.85 bits per heavy atom. The molecule has 0 atom stereocenters. The van der Waals surface area contributed by atoms with E-state index in [4.69, 9.17) is 8.38 Å². The Morgan fingerprint density at radius 1 is 1.54 bits per heavy atom. The summed E-state index contributed by atoms with van der Waals surface area (Å²) in [7, 11) is 0. The Bertz CT molecular complexity index is 301. The summed E-state index contributed by atoms with van der Waals surface area (Å²) in [4.78, 5) is 10.6. The van der Waals surface area contributed by atoms with Crippen molar-refractivity contribution < 1.29 is 32.5 Å². The first-order valence-corrected chi connectivity index (χ1v) is 9.13. The maximum atomic E-state index is 10.6. The van der Waals surface area contributed by atoms with Gasteiger partial charge in [-0.1, -0.05) is 0 Å². The second-order valence-electron chi connectivity index (χ2n) is 2.75. The van der Waals surface area contributed by atoms with Crippen LogP contribution >= 0.6 is 0 Å². The second-order valence-corrected chi connectivity index (χ2v) is 7.96. The predicted octanol–water partition coefficient (Wildman–Crippen LogP) is 0.331. The molecule has 0 bridgehead atoms. The summed E-state index contributed by atoms with van der Waals surface area (Å²) < 4.78 is 6.29. The Labute approximate surface area is 90.4 Å². The molecule has 1 rings (SSSR count). The Hall–Kier alpha value is -0.415. The third kappa shape index (κ3) is 3.44. The Morgan fingerprint density at radius 2 is 2.23 bits per heavy atom. The fourth-order valence-electron chi connectivity index (χ4n) is 1.08. The molecule has 66 valence electrons. The number of benzene rings is 1. The van der Waals surface area contributed by atoms with E-state index in [9.17, 15) is 4.79 Å². The van der Waals surface area contributed by atoms with Gasteiger partial charge in [0.1, 0.15) is 0 Å². The molecule has 4 heteroatoms. The summed E-state index contributed by atoms with van der Waals surface area (Å²) in [5.74, 6) is -0.173. The van der Waals surface area contributed by atoms with Gasteiger partial charge in [0.25, 0.3) is 0 Å². The topological polar surface area (TPSA) is 52.3 Å². The van der Waals surface area contributed by atoms with Gasteiger partial charge in [-0.25, -0.2) is 0 Å². The van der Waals surface area contributed by atoms with E-state index in [1.54, 1.807) is 0 Å². The first-order chi connectivity index (χ1) is 6.24. The summed E-state index contributed by atoms with van der Waals surface area (Å²) >= 11 is -1.67. The predicted molar refractivity (Wildman–Crippen MR) is 45.7 cm³/mol. The summed E-state index contributed by atoms with van der Waals surface area (Å²) in [6, 6.07) is 7.90. The van der Waals surface area contributed by atoms with E-state index in [1.165, 1.54) is 10.00 Å². The van der Waals surface area contributed by atoms with Crippen LogP contribution in [0.25, 0.3) is 0 Å². The number of hydrogen-bond acceptors (Lipinski definition) is 3. The molecule has 0 fully saturated rings. The van der Waals surface area contributed by atoms with Crippen molar-refractivity contribution >= 4 is 9.04 Å². The molecule has 0 aliphatic heterocycles. The molecule has 3 nitrogen and oxygen atoms in total. The van der Waals surface area contributed by atoms with Gasteiger partial charge in [-0.05, 0) is 0 Å². The van der Waals surface area contributed by atoms with E-state index in [2.05, 4.69) is 0 Å². The number of carbonyl (C=O) groups excluding carboxylic acids is 1. The van der Waals surface area contributed by atoms with E-state index in [1.807, 2.05) is 24.3 Å². The third-order valence-electron chi connectivity index (χ3n) is 1.77. The van der Waals surface area contributed by atoms with Crippen molar-refractivity contribution in [1.29, 1.82) is 0 Å². The van der Waals surface area contributed by atoms with Crippen LogP contribution in [0.4, 0.5) is 0 Å². The quantitative estimate of drug-likeness (QED) is 0.786. The van der Waals surface area contributed by atoms with Crippen molar-refractivity contribution in [1.82, 2.24) is 0 Å². The number of nitrogens with two attached hydrogens (primary N) is 1. The van der Waals surface area contributed by atoms with Crippen molar-refractivity contribution in [2.45, 2.75) is 13.5 Å². The number of carbonyl (C=O) groups is 1. The number of rotatable bonds is 3. The van der Waals surface area contributed by atoms with E-state index in [0.29, 0.717) is 6.54 Å². The molecular weight excluding hydrogens is 355 g/mol. The number of hydrogen-bond donors (Lipinski definition) is 1. The van der Waals surface area contributed by atoms with Gasteiger partial charge < -0.3 is 0 Å². The normalized spacial score (nSPS) is 9.08. The Balaban J connectivity index is 2.69. The van der Waals surface area contributed by atoms with Crippen molar-refractivity contribution in [2.24, 2.45) is 5.73 Å². The van der Waals surface area contributed by atoms with Crippen molar-refractivity contribution in [3.63, 3.8) is 0 Å². The fourth-order valence-corrected chi connectivity index (χ4v) is 5.11. The Kier molecular flexibility index (Phi) is 4.38. The molecule has 0 unspecified atom stereocenters. The van der Waals surface area contributed by atoms with Gasteiger partial charge in [-0.3, -0.25) is 0 Å². The average molecular weight is 366 g/mol. The zero-order valence-electron chi connectivity index (χ0n) is 7.62. The molecule has 13 heavy (non-hydrogen) atoms. The van der Waals surface area contributed by atoms with Gasteiger partial charge in [0, 0.05) is 0 Å². The summed E-state index contributed by atoms with van der Waals surface area (Å²) in [5, 5.41) is 0. The van der Waals surface area contributed by atoms with Crippen molar-refractivity contribution in [3.8, 4) is 0 Å². The zero-order valence-corrected chi connectivity index (χ0v) is 13.1. The monoisotopic (exact) mass is 367 g/mol. The van der Waals surface area contributed by atoms with Gasteiger partial charge >= 0.3 is 90.5 Å². The molecule has 0 aliphatic carbocycles. The van der Waals surface area contributed by atoms with Crippen LogP contribution in [0.1, 0.15) is 12.5 Å². The van der Waals surface area contributed by atoms with Gasteiger partial charge in [0.05, 0.1) is 0 Å². The molecule has 0 aliphatic rings. The molecule has 0 saturated heterocycles. The van der Waals surface area contributed by atoms with Crippen LogP contribution in [-0.4, -0.2) is 5.97 Å². The van der Waals surface area contributed by atoms with Gasteiger partial charge in [0.15, 0.2) is 0 Å². The van der Waals surface area contributed by atoms with Crippen LogP contribution in [-0.2, 0) is 39.0 Å². The molecule has 0 radical (unpaired) electrons. The average Bonchev–Trinajstić information content (AvgIpc) is 2.15. The van der Waals surface area contributed by atoms with Crippen LogP contribution in [0, 0.1) is 0 Å². The van der Waals surface area contributed by atoms with Crippen LogP contribution in [0.2, 0.25) is 0 Å². The molecule has 1 aromatic carbocycles. The van der Waals surface area contributed by atoms with Crippen LogP contribution in [0.3, 0.4) is 0 Å². The maximum absolute atomic E-state index is 10.6. The SMILES string of the molecule is CC(=O)[O][Hg][c]1ccccc1CN. The second kappa shape index (κ2) is 5.34. The molecule has 0 aromatic heterocycles. The first kappa shape index (κ1) is 10.7. The first-order valence-electron chi connectivity index (χ1n) is 4.14. The van der Waals surface area contributed by atoms with Gasteiger partial charge in [-0.15, -0.1) is 0 Å². The molecule has 0 heterocycles. The van der Waals surface area contributed by atoms with E-state index in [0.717, 1.165) is 5.56 Å². The fraction of sp³-hybridized carbons (Fsp3) is 0.222. The van der Waals surface area contributed by atoms with E-state index in [-0.39, 0.29) is 5.97 Å². The molecule has 0 amide bonds. The third-order valence-corrected chi connectivity index (χ3v) is 7.80. The summed E-state index contributed by atoms with van der Waals surface area (Å²) in [6.07, 6.45) is 0. The van der Waals surface area contributed by atoms with Gasteiger partial charge in [0.2, 0.25) is 0 Å². The zero-order chi connectivity index (χ0) is 9.68. The molecule has 1 aromatic rings. The van der Waals surface area contributed by atoms with Crippen molar-refractivity contribution in [2.75, 3.05) is 0 Å². The summed E-state index contributed by atoms with van der Waals surface area (Å²) in [6.45, 7) is 1.97. The molecule has 2 N–H and O–H groups in total. The van der Waals surface area contributed by atoms with Gasteiger partial charge in [-0.2, -0.15) is 0 Å². The van der Waals surface area contributed by atoms with Crippen LogP contribution in [0.15, 0.2) is 24.3 Å². The minimum atomic E-state index is -1.67. The minimum absolute atomic E-state index is 0.173. The van der Waals surface area contributed by atoms with E-state index >= 15 is 0 Å². The summed E-state index contributed by atoms with van der Waals surface area (Å²) in [5.41, 5.74) is 6.67. The molecule has 0 saturated carbocycles. The molecular formula is C9H11HgNO2. The molecule has 0 spiro atoms. The van der Waals surface area contributed by atoms with Crippen molar-refractivity contribution in [3.05, 3.63) is 29.8 Å². The van der Waals surface area contributed by atoms with Crippen LogP contribution < -0.4 is 8.81 Å².